The fraction of sp³-hybridized carbons (Fsp3) is 0.212. The monoisotopic (exact) mass is 608 g/mol. The molecule has 0 aliphatic carbocycles. The van der Waals surface area contributed by atoms with E-state index in [1.165, 1.54) is 0 Å². The van der Waals surface area contributed by atoms with Crippen LogP contribution in [0.5, 0.6) is 0 Å². The standard InChI is InChI=1S/C33H31Cl3N2O3/c1-2-41-32(39)31(21-24-10-15-28(34)16-11-24)37-33(40)38(22-25-12-17-29(35)30(36)20-25)19-18-23-8-13-27(14-9-23)26-6-4-3-5-7-26/h3-17,20,31H,2,18-19,21-22H2,1H3,(H,37,40). The lowest BCUT2D eigenvalue weighted by Gasteiger charge is -2.26. The minimum atomic E-state index is -0.870. The average Bonchev–Trinajstić information content (AvgIpc) is 2.98. The van der Waals surface area contributed by atoms with E-state index in [0.29, 0.717) is 28.0 Å². The summed E-state index contributed by atoms with van der Waals surface area (Å²) in [6.07, 6.45) is 0.883. The molecule has 0 saturated carbocycles. The van der Waals surface area contributed by atoms with Gasteiger partial charge in [0.05, 0.1) is 16.7 Å². The second-order valence-corrected chi connectivity index (χ2v) is 10.8. The van der Waals surface area contributed by atoms with Gasteiger partial charge in [0.25, 0.3) is 0 Å². The summed E-state index contributed by atoms with van der Waals surface area (Å²) in [5, 5.41) is 4.34. The van der Waals surface area contributed by atoms with E-state index in [2.05, 4.69) is 41.7 Å². The molecule has 0 radical (unpaired) electrons. The molecule has 1 N–H and O–H groups in total. The van der Waals surface area contributed by atoms with Gasteiger partial charge in [0, 0.05) is 24.5 Å². The van der Waals surface area contributed by atoms with E-state index < -0.39 is 12.0 Å². The molecular formula is C33H31Cl3N2O3. The summed E-state index contributed by atoms with van der Waals surface area (Å²) in [5.41, 5.74) is 5.02. The number of ether oxygens (including phenoxy) is 1. The zero-order chi connectivity index (χ0) is 29.2. The number of amides is 2. The van der Waals surface area contributed by atoms with Crippen LogP contribution in [0.15, 0.2) is 97.1 Å². The number of urea groups is 1. The van der Waals surface area contributed by atoms with E-state index in [1.54, 1.807) is 36.1 Å². The fourth-order valence-electron chi connectivity index (χ4n) is 4.40. The topological polar surface area (TPSA) is 58.6 Å². The van der Waals surface area contributed by atoms with Crippen LogP contribution in [-0.4, -0.2) is 36.1 Å². The van der Waals surface area contributed by atoms with Crippen molar-refractivity contribution in [3.8, 4) is 11.1 Å². The Balaban J connectivity index is 1.51. The van der Waals surface area contributed by atoms with Crippen molar-refractivity contribution >= 4 is 46.8 Å². The van der Waals surface area contributed by atoms with E-state index in [1.807, 2.05) is 36.4 Å². The highest BCUT2D eigenvalue weighted by molar-refractivity contribution is 6.42. The third-order valence-corrected chi connectivity index (χ3v) is 7.59. The van der Waals surface area contributed by atoms with Crippen LogP contribution < -0.4 is 5.32 Å². The molecule has 0 aromatic heterocycles. The first-order chi connectivity index (χ1) is 19.8. The summed E-state index contributed by atoms with van der Waals surface area (Å²) >= 11 is 18.4. The quantitative estimate of drug-likeness (QED) is 0.174. The van der Waals surface area contributed by atoms with Crippen molar-refractivity contribution in [1.29, 1.82) is 0 Å². The Kier molecular flexibility index (Phi) is 11.1. The second kappa shape index (κ2) is 14.9. The van der Waals surface area contributed by atoms with E-state index >= 15 is 0 Å². The molecule has 0 bridgehead atoms. The van der Waals surface area contributed by atoms with Crippen LogP contribution >= 0.6 is 34.8 Å². The summed E-state index contributed by atoms with van der Waals surface area (Å²) in [4.78, 5) is 28.1. The number of esters is 1. The Morgan fingerprint density at radius 2 is 1.41 bits per heavy atom. The third kappa shape index (κ3) is 8.99. The number of nitrogens with zero attached hydrogens (tertiary/aromatic N) is 1. The van der Waals surface area contributed by atoms with Crippen molar-refractivity contribution in [3.05, 3.63) is 129 Å². The van der Waals surface area contributed by atoms with Crippen molar-refractivity contribution in [2.45, 2.75) is 32.4 Å². The minimum Gasteiger partial charge on any atom is -0.464 e. The first-order valence-corrected chi connectivity index (χ1v) is 14.5. The number of hydrogen-bond donors (Lipinski definition) is 1. The Morgan fingerprint density at radius 3 is 2.07 bits per heavy atom. The van der Waals surface area contributed by atoms with Gasteiger partial charge < -0.3 is 15.0 Å². The van der Waals surface area contributed by atoms with Gasteiger partial charge in [-0.15, -0.1) is 0 Å². The molecule has 5 nitrogen and oxygen atoms in total. The molecule has 1 unspecified atom stereocenters. The Hall–Kier alpha value is -3.51. The first-order valence-electron chi connectivity index (χ1n) is 13.4. The van der Waals surface area contributed by atoms with Crippen LogP contribution in [0, 0.1) is 0 Å². The normalized spacial score (nSPS) is 11.5. The highest BCUT2D eigenvalue weighted by atomic mass is 35.5. The molecule has 0 heterocycles. The van der Waals surface area contributed by atoms with Crippen LogP contribution in [0.1, 0.15) is 23.6 Å². The van der Waals surface area contributed by atoms with Crippen LogP contribution in [0.2, 0.25) is 15.1 Å². The molecule has 1 atom stereocenters. The smallest absolute Gasteiger partial charge is 0.329 e. The lowest BCUT2D eigenvalue weighted by Crippen LogP contribution is -2.49. The number of halogens is 3. The van der Waals surface area contributed by atoms with E-state index in [-0.39, 0.29) is 25.6 Å². The Bertz CT molecular complexity index is 1450. The fourth-order valence-corrected chi connectivity index (χ4v) is 4.85. The number of benzene rings is 4. The molecule has 212 valence electrons. The van der Waals surface area contributed by atoms with E-state index in [9.17, 15) is 9.59 Å². The van der Waals surface area contributed by atoms with Gasteiger partial charge in [0.1, 0.15) is 6.04 Å². The van der Waals surface area contributed by atoms with E-state index in [0.717, 1.165) is 27.8 Å². The number of nitrogens with one attached hydrogen (secondary N) is 1. The lowest BCUT2D eigenvalue weighted by atomic mass is 10.0. The molecule has 4 aromatic rings. The molecule has 0 aliphatic rings. The molecule has 0 spiro atoms. The van der Waals surface area contributed by atoms with Crippen molar-refractivity contribution in [3.63, 3.8) is 0 Å². The van der Waals surface area contributed by atoms with Crippen molar-refractivity contribution in [2.24, 2.45) is 0 Å². The zero-order valence-electron chi connectivity index (χ0n) is 22.7. The molecule has 8 heteroatoms. The van der Waals surface area contributed by atoms with Crippen molar-refractivity contribution in [2.75, 3.05) is 13.2 Å². The van der Waals surface area contributed by atoms with Crippen LogP contribution in [0.4, 0.5) is 4.79 Å². The molecule has 4 aromatic carbocycles. The largest absolute Gasteiger partial charge is 0.464 e. The molecule has 0 fully saturated rings. The maximum atomic E-state index is 13.7. The predicted molar refractivity (Wildman–Crippen MR) is 167 cm³/mol. The van der Waals surface area contributed by atoms with Gasteiger partial charge in [-0.05, 0) is 65.4 Å². The van der Waals surface area contributed by atoms with Crippen LogP contribution in [0.3, 0.4) is 0 Å². The third-order valence-electron chi connectivity index (χ3n) is 6.60. The predicted octanol–water partition coefficient (Wildman–Crippen LogP) is 8.24. The summed E-state index contributed by atoms with van der Waals surface area (Å²) < 4.78 is 5.27. The SMILES string of the molecule is CCOC(=O)C(Cc1ccc(Cl)cc1)NC(=O)N(CCc1ccc(-c2ccccc2)cc1)Cc1ccc(Cl)c(Cl)c1. The summed E-state index contributed by atoms with van der Waals surface area (Å²) in [6.45, 7) is 2.63. The van der Waals surface area contributed by atoms with Gasteiger partial charge in [-0.1, -0.05) is 108 Å². The van der Waals surface area contributed by atoms with Crippen molar-refractivity contribution < 1.29 is 14.3 Å². The highest BCUT2D eigenvalue weighted by Crippen LogP contribution is 2.24. The van der Waals surface area contributed by atoms with Gasteiger partial charge in [-0.25, -0.2) is 9.59 Å². The number of carbonyl (C=O) groups is 2. The molecular weight excluding hydrogens is 579 g/mol. The van der Waals surface area contributed by atoms with Crippen molar-refractivity contribution in [1.82, 2.24) is 10.2 Å². The average molecular weight is 610 g/mol. The molecule has 0 aliphatic heterocycles. The van der Waals surface area contributed by atoms with Gasteiger partial charge in [0.15, 0.2) is 0 Å². The molecule has 4 rings (SSSR count). The lowest BCUT2D eigenvalue weighted by molar-refractivity contribution is -0.145. The Morgan fingerprint density at radius 1 is 0.780 bits per heavy atom. The minimum absolute atomic E-state index is 0.206. The Labute approximate surface area is 256 Å². The molecule has 2 amide bonds. The van der Waals surface area contributed by atoms with Crippen LogP contribution in [0.25, 0.3) is 11.1 Å². The summed E-state index contributed by atoms with van der Waals surface area (Å²) in [6, 6.07) is 29.6. The van der Waals surface area contributed by atoms with Gasteiger partial charge in [0.2, 0.25) is 0 Å². The van der Waals surface area contributed by atoms with Gasteiger partial charge in [-0.2, -0.15) is 0 Å². The van der Waals surface area contributed by atoms with Gasteiger partial charge >= 0.3 is 12.0 Å². The second-order valence-electron chi connectivity index (χ2n) is 9.57. The number of rotatable bonds is 11. The van der Waals surface area contributed by atoms with Gasteiger partial charge in [-0.3, -0.25) is 0 Å². The summed E-state index contributed by atoms with van der Waals surface area (Å²) in [7, 11) is 0. The molecule has 41 heavy (non-hydrogen) atoms. The number of carbonyl (C=O) groups excluding carboxylic acids is 2. The molecule has 0 saturated heterocycles. The zero-order valence-corrected chi connectivity index (χ0v) is 24.9. The van der Waals surface area contributed by atoms with E-state index in [4.69, 9.17) is 39.5 Å². The maximum absolute atomic E-state index is 13.7. The number of hydrogen-bond acceptors (Lipinski definition) is 3. The first kappa shape index (κ1) is 30.4. The maximum Gasteiger partial charge on any atom is 0.329 e. The summed E-state index contributed by atoms with van der Waals surface area (Å²) in [5.74, 6) is -0.498. The van der Waals surface area contributed by atoms with Crippen LogP contribution in [-0.2, 0) is 28.9 Å². The highest BCUT2D eigenvalue weighted by Gasteiger charge is 2.25.